The van der Waals surface area contributed by atoms with Crippen LogP contribution in [0, 0.1) is 19.8 Å². The second-order valence-corrected chi connectivity index (χ2v) is 5.79. The largest absolute Gasteiger partial charge is 0.409 e. The molecule has 0 aromatic heterocycles. The van der Waals surface area contributed by atoms with Crippen LogP contribution in [0.4, 0.5) is 0 Å². The minimum Gasteiger partial charge on any atom is -0.409 e. The molecule has 1 aromatic rings. The number of nitrogens with two attached hydrogens (primary N) is 1. The fraction of sp³-hybridized carbons (Fsp3) is 0.500. The van der Waals surface area contributed by atoms with Crippen LogP contribution in [0.1, 0.15) is 41.8 Å². The minimum absolute atomic E-state index is 0.0162. The Morgan fingerprint density at radius 3 is 2.52 bits per heavy atom. The zero-order valence-corrected chi connectivity index (χ0v) is 13.3. The van der Waals surface area contributed by atoms with Crippen LogP contribution in [-0.2, 0) is 0 Å². The molecule has 0 saturated carbocycles. The van der Waals surface area contributed by atoms with Crippen molar-refractivity contribution in [2.45, 2.75) is 34.1 Å². The van der Waals surface area contributed by atoms with E-state index < -0.39 is 0 Å². The molecular formula is C16H25N3O2. The average Bonchev–Trinajstić information content (AvgIpc) is 2.44. The average molecular weight is 291 g/mol. The first-order valence-corrected chi connectivity index (χ1v) is 7.18. The Morgan fingerprint density at radius 2 is 2.00 bits per heavy atom. The zero-order chi connectivity index (χ0) is 16.0. The number of amides is 1. The van der Waals surface area contributed by atoms with E-state index in [1.54, 1.807) is 4.90 Å². The Morgan fingerprint density at radius 1 is 1.33 bits per heavy atom. The number of oxime groups is 1. The van der Waals surface area contributed by atoms with Crippen molar-refractivity contribution in [2.24, 2.45) is 16.8 Å². The van der Waals surface area contributed by atoms with E-state index in [1.807, 2.05) is 32.0 Å². The van der Waals surface area contributed by atoms with E-state index in [-0.39, 0.29) is 11.7 Å². The molecular weight excluding hydrogens is 266 g/mol. The van der Waals surface area contributed by atoms with Gasteiger partial charge in [0, 0.05) is 25.1 Å². The maximum Gasteiger partial charge on any atom is 0.253 e. The summed E-state index contributed by atoms with van der Waals surface area (Å²) in [5.41, 5.74) is 8.44. The molecule has 0 spiro atoms. The SMILES string of the molecule is Cc1ccc(C(=O)N(CCC(N)=NO)CC(C)C)cc1C. The summed E-state index contributed by atoms with van der Waals surface area (Å²) >= 11 is 0. The van der Waals surface area contributed by atoms with E-state index in [9.17, 15) is 4.79 Å². The lowest BCUT2D eigenvalue weighted by atomic mass is 10.0. The van der Waals surface area contributed by atoms with E-state index in [1.165, 1.54) is 5.56 Å². The van der Waals surface area contributed by atoms with Gasteiger partial charge in [0.15, 0.2) is 0 Å². The lowest BCUT2D eigenvalue weighted by Gasteiger charge is -2.24. The Balaban J connectivity index is 2.90. The van der Waals surface area contributed by atoms with E-state index in [2.05, 4.69) is 19.0 Å². The number of amidine groups is 1. The van der Waals surface area contributed by atoms with Crippen molar-refractivity contribution in [1.29, 1.82) is 0 Å². The molecule has 0 aliphatic carbocycles. The minimum atomic E-state index is -0.0162. The predicted molar refractivity (Wildman–Crippen MR) is 84.7 cm³/mol. The third kappa shape index (κ3) is 5.10. The highest BCUT2D eigenvalue weighted by Crippen LogP contribution is 2.13. The third-order valence-electron chi connectivity index (χ3n) is 3.39. The molecule has 0 aliphatic rings. The van der Waals surface area contributed by atoms with E-state index in [0.717, 1.165) is 5.56 Å². The zero-order valence-electron chi connectivity index (χ0n) is 13.3. The molecule has 0 radical (unpaired) electrons. The third-order valence-corrected chi connectivity index (χ3v) is 3.39. The van der Waals surface area contributed by atoms with Gasteiger partial charge in [-0.25, -0.2) is 0 Å². The number of hydrogen-bond acceptors (Lipinski definition) is 3. The van der Waals surface area contributed by atoms with Gasteiger partial charge in [-0.05, 0) is 43.0 Å². The summed E-state index contributed by atoms with van der Waals surface area (Å²) in [6.45, 7) is 9.22. The number of aryl methyl sites for hydroxylation is 2. The number of rotatable bonds is 6. The molecule has 0 atom stereocenters. The van der Waals surface area contributed by atoms with Crippen LogP contribution in [0.2, 0.25) is 0 Å². The van der Waals surface area contributed by atoms with Gasteiger partial charge >= 0.3 is 0 Å². The summed E-state index contributed by atoms with van der Waals surface area (Å²) in [4.78, 5) is 14.4. The van der Waals surface area contributed by atoms with Crippen molar-refractivity contribution in [1.82, 2.24) is 4.90 Å². The van der Waals surface area contributed by atoms with Gasteiger partial charge in [-0.2, -0.15) is 0 Å². The molecule has 1 amide bonds. The number of hydrogen-bond donors (Lipinski definition) is 2. The molecule has 5 nitrogen and oxygen atoms in total. The summed E-state index contributed by atoms with van der Waals surface area (Å²) in [5, 5.41) is 11.6. The summed E-state index contributed by atoms with van der Waals surface area (Å²) in [6, 6.07) is 5.72. The Bertz CT molecular complexity index is 524. The van der Waals surface area contributed by atoms with E-state index in [0.29, 0.717) is 31.0 Å². The number of nitrogens with zero attached hydrogens (tertiary/aromatic N) is 2. The van der Waals surface area contributed by atoms with Crippen molar-refractivity contribution < 1.29 is 10.0 Å². The van der Waals surface area contributed by atoms with Crippen molar-refractivity contribution in [2.75, 3.05) is 13.1 Å². The molecule has 0 bridgehead atoms. The standard InChI is InChI=1S/C16H25N3O2/c1-11(2)10-19(8-7-15(17)18-21)16(20)14-6-5-12(3)13(4)9-14/h5-6,9,11,21H,7-8,10H2,1-4H3,(H2,17,18). The lowest BCUT2D eigenvalue weighted by molar-refractivity contribution is 0.0740. The molecule has 3 N–H and O–H groups in total. The fourth-order valence-electron chi connectivity index (χ4n) is 2.07. The van der Waals surface area contributed by atoms with Gasteiger partial charge < -0.3 is 15.8 Å². The Hall–Kier alpha value is -2.04. The van der Waals surface area contributed by atoms with Gasteiger partial charge in [-0.15, -0.1) is 0 Å². The summed E-state index contributed by atoms with van der Waals surface area (Å²) in [7, 11) is 0. The highest BCUT2D eigenvalue weighted by Gasteiger charge is 2.17. The van der Waals surface area contributed by atoms with Gasteiger partial charge in [0.1, 0.15) is 5.84 Å². The van der Waals surface area contributed by atoms with Crippen LogP contribution >= 0.6 is 0 Å². The molecule has 0 saturated heterocycles. The Labute approximate surface area is 126 Å². The molecule has 116 valence electrons. The van der Waals surface area contributed by atoms with E-state index in [4.69, 9.17) is 10.9 Å². The van der Waals surface area contributed by atoms with Crippen molar-refractivity contribution in [3.05, 3.63) is 34.9 Å². The van der Waals surface area contributed by atoms with Crippen LogP contribution in [0.25, 0.3) is 0 Å². The van der Waals surface area contributed by atoms with Gasteiger partial charge in [0.25, 0.3) is 5.91 Å². The molecule has 1 aromatic carbocycles. The quantitative estimate of drug-likeness (QED) is 0.366. The first-order chi connectivity index (χ1) is 9.85. The first-order valence-electron chi connectivity index (χ1n) is 7.18. The number of carbonyl (C=O) groups is 1. The highest BCUT2D eigenvalue weighted by molar-refractivity contribution is 5.94. The maximum absolute atomic E-state index is 12.6. The second kappa shape index (κ2) is 7.67. The highest BCUT2D eigenvalue weighted by atomic mass is 16.4. The second-order valence-electron chi connectivity index (χ2n) is 5.79. The van der Waals surface area contributed by atoms with Gasteiger partial charge in [0.05, 0.1) is 0 Å². The number of benzene rings is 1. The fourth-order valence-corrected chi connectivity index (χ4v) is 2.07. The van der Waals surface area contributed by atoms with Gasteiger partial charge in [-0.1, -0.05) is 25.1 Å². The monoisotopic (exact) mass is 291 g/mol. The molecule has 0 aliphatic heterocycles. The van der Waals surface area contributed by atoms with E-state index >= 15 is 0 Å². The molecule has 0 fully saturated rings. The van der Waals surface area contributed by atoms with Crippen LogP contribution in [0.15, 0.2) is 23.4 Å². The first kappa shape index (κ1) is 17.0. The van der Waals surface area contributed by atoms with Crippen LogP contribution < -0.4 is 5.73 Å². The van der Waals surface area contributed by atoms with Crippen molar-refractivity contribution in [3.63, 3.8) is 0 Å². The molecule has 0 unspecified atom stereocenters. The van der Waals surface area contributed by atoms with Crippen LogP contribution in [0.3, 0.4) is 0 Å². The van der Waals surface area contributed by atoms with Crippen LogP contribution in [-0.4, -0.2) is 34.9 Å². The van der Waals surface area contributed by atoms with Crippen molar-refractivity contribution >= 4 is 11.7 Å². The molecule has 0 heterocycles. The van der Waals surface area contributed by atoms with Crippen molar-refractivity contribution in [3.8, 4) is 0 Å². The maximum atomic E-state index is 12.6. The van der Waals surface area contributed by atoms with Gasteiger partial charge in [-0.3, -0.25) is 4.79 Å². The normalized spacial score (nSPS) is 11.8. The summed E-state index contributed by atoms with van der Waals surface area (Å²) < 4.78 is 0. The van der Waals surface area contributed by atoms with Gasteiger partial charge in [0.2, 0.25) is 0 Å². The Kier molecular flexibility index (Phi) is 6.21. The smallest absolute Gasteiger partial charge is 0.253 e. The summed E-state index contributed by atoms with van der Waals surface area (Å²) in [5.74, 6) is 0.474. The topological polar surface area (TPSA) is 78.9 Å². The lowest BCUT2D eigenvalue weighted by Crippen LogP contribution is -2.36. The molecule has 1 rings (SSSR count). The summed E-state index contributed by atoms with van der Waals surface area (Å²) in [6.07, 6.45) is 0.361. The predicted octanol–water partition coefficient (Wildman–Crippen LogP) is 2.54. The van der Waals surface area contributed by atoms with Crippen LogP contribution in [0.5, 0.6) is 0 Å². The molecule has 5 heteroatoms. The number of carbonyl (C=O) groups excluding carboxylic acids is 1. The molecule has 21 heavy (non-hydrogen) atoms.